The van der Waals surface area contributed by atoms with Gasteiger partial charge in [0.05, 0.1) is 35.2 Å². The van der Waals surface area contributed by atoms with Gasteiger partial charge in [-0.1, -0.05) is 6.92 Å². The third-order valence-electron chi connectivity index (χ3n) is 9.29. The van der Waals surface area contributed by atoms with Gasteiger partial charge >= 0.3 is 17.9 Å². The number of carbonyl (C=O) groups excluding carboxylic acids is 3. The van der Waals surface area contributed by atoms with E-state index in [-0.39, 0.29) is 25.0 Å². The van der Waals surface area contributed by atoms with Gasteiger partial charge in [-0.2, -0.15) is 0 Å². The average molecular weight is 527 g/mol. The number of aliphatic hydroxyl groups is 4. The zero-order chi connectivity index (χ0) is 27.9. The van der Waals surface area contributed by atoms with Crippen LogP contribution in [0.1, 0.15) is 61.3 Å². The summed E-state index contributed by atoms with van der Waals surface area (Å²) in [5.74, 6) is -3.00. The molecule has 1 heterocycles. The predicted molar refractivity (Wildman–Crippen MR) is 126 cm³/mol. The third-order valence-corrected chi connectivity index (χ3v) is 9.29. The molecule has 3 aliphatic carbocycles. The summed E-state index contributed by atoms with van der Waals surface area (Å²) >= 11 is 0. The molecule has 3 fully saturated rings. The SMILES string of the molecule is CC(=O)OC1CC2(C(C)(C)O)C(=C1C)C(O)C(OC(C)=O)C1(C)C(OC(C)=O)CC(O)C3(O)COC2C31. The predicted octanol–water partition coefficient (Wildman–Crippen LogP) is 0.151. The highest BCUT2D eigenvalue weighted by Gasteiger charge is 2.78. The van der Waals surface area contributed by atoms with Crippen molar-refractivity contribution in [3.8, 4) is 0 Å². The largest absolute Gasteiger partial charge is 0.462 e. The zero-order valence-corrected chi connectivity index (χ0v) is 22.3. The molecule has 4 aliphatic rings. The first-order chi connectivity index (χ1) is 16.9. The molecule has 37 heavy (non-hydrogen) atoms. The minimum atomic E-state index is -1.88. The van der Waals surface area contributed by atoms with E-state index in [4.69, 9.17) is 18.9 Å². The Hall–Kier alpha value is -2.05. The van der Waals surface area contributed by atoms with Crippen molar-refractivity contribution in [3.05, 3.63) is 11.1 Å². The second-order valence-corrected chi connectivity index (χ2v) is 11.8. The molecule has 4 N–H and O–H groups in total. The fraction of sp³-hybridized carbons (Fsp3) is 0.808. The maximum atomic E-state index is 12.4. The van der Waals surface area contributed by atoms with Gasteiger partial charge in [0.15, 0.2) is 0 Å². The Morgan fingerprint density at radius 3 is 2.11 bits per heavy atom. The molecule has 0 aromatic carbocycles. The number of ether oxygens (including phenoxy) is 4. The second-order valence-electron chi connectivity index (χ2n) is 11.8. The van der Waals surface area contributed by atoms with E-state index in [9.17, 15) is 34.8 Å². The highest BCUT2D eigenvalue weighted by molar-refractivity contribution is 5.68. The van der Waals surface area contributed by atoms with Gasteiger partial charge in [-0.05, 0) is 31.9 Å². The Kier molecular flexibility index (Phi) is 6.61. The molecular weight excluding hydrogens is 488 g/mol. The van der Waals surface area contributed by atoms with Crippen LogP contribution >= 0.6 is 0 Å². The van der Waals surface area contributed by atoms with Crippen LogP contribution < -0.4 is 0 Å². The number of hydrogen-bond donors (Lipinski definition) is 4. The van der Waals surface area contributed by atoms with Gasteiger partial charge < -0.3 is 39.4 Å². The molecule has 0 amide bonds. The van der Waals surface area contributed by atoms with Crippen LogP contribution in [0.2, 0.25) is 0 Å². The number of hydrogen-bond acceptors (Lipinski definition) is 11. The van der Waals surface area contributed by atoms with Crippen molar-refractivity contribution in [1.82, 2.24) is 0 Å². The van der Waals surface area contributed by atoms with Crippen LogP contribution in [0.25, 0.3) is 0 Å². The van der Waals surface area contributed by atoms with Crippen LogP contribution in [0.4, 0.5) is 0 Å². The lowest BCUT2D eigenvalue weighted by atomic mass is 9.52. The Morgan fingerprint density at radius 2 is 1.59 bits per heavy atom. The Bertz CT molecular complexity index is 1030. The molecule has 10 unspecified atom stereocenters. The number of carbonyl (C=O) groups is 3. The summed E-state index contributed by atoms with van der Waals surface area (Å²) in [6.07, 6.45) is -7.42. The molecule has 0 aromatic rings. The lowest BCUT2D eigenvalue weighted by molar-refractivity contribution is -0.248. The van der Waals surface area contributed by atoms with E-state index in [1.54, 1.807) is 13.8 Å². The van der Waals surface area contributed by atoms with Crippen molar-refractivity contribution in [2.75, 3.05) is 6.61 Å². The minimum Gasteiger partial charge on any atom is -0.462 e. The van der Waals surface area contributed by atoms with Gasteiger partial charge in [-0.25, -0.2) is 0 Å². The fourth-order valence-electron chi connectivity index (χ4n) is 7.83. The highest BCUT2D eigenvalue weighted by Crippen LogP contribution is 2.68. The van der Waals surface area contributed by atoms with Gasteiger partial charge in [-0.3, -0.25) is 14.4 Å². The molecule has 0 aromatic heterocycles. The van der Waals surface area contributed by atoms with Gasteiger partial charge in [0.25, 0.3) is 0 Å². The molecule has 0 bridgehead atoms. The van der Waals surface area contributed by atoms with Gasteiger partial charge in [-0.15, -0.1) is 0 Å². The van der Waals surface area contributed by atoms with Crippen LogP contribution in [0.15, 0.2) is 11.1 Å². The van der Waals surface area contributed by atoms with Crippen molar-refractivity contribution in [1.29, 1.82) is 0 Å². The van der Waals surface area contributed by atoms with Crippen LogP contribution in [-0.2, 0) is 33.3 Å². The summed E-state index contributed by atoms with van der Waals surface area (Å²) in [6.45, 7) is 9.71. The maximum Gasteiger partial charge on any atom is 0.303 e. The maximum absolute atomic E-state index is 12.4. The van der Waals surface area contributed by atoms with Crippen LogP contribution in [-0.4, -0.2) is 92.8 Å². The number of esters is 3. The topological polar surface area (TPSA) is 169 Å². The summed E-state index contributed by atoms with van der Waals surface area (Å²) in [7, 11) is 0. The van der Waals surface area contributed by atoms with E-state index in [1.807, 2.05) is 0 Å². The van der Waals surface area contributed by atoms with Crippen molar-refractivity contribution in [2.45, 2.75) is 109 Å². The van der Waals surface area contributed by atoms with E-state index in [1.165, 1.54) is 34.6 Å². The molecule has 1 saturated heterocycles. The summed E-state index contributed by atoms with van der Waals surface area (Å²) in [5.41, 5.74) is -5.62. The second kappa shape index (κ2) is 8.74. The first-order valence-electron chi connectivity index (χ1n) is 12.6. The number of fused-ring (bicyclic) bond motifs is 2. The molecular formula is C26H38O11. The van der Waals surface area contributed by atoms with Crippen LogP contribution in [0.5, 0.6) is 0 Å². The quantitative estimate of drug-likeness (QED) is 0.223. The van der Waals surface area contributed by atoms with Crippen molar-refractivity contribution >= 4 is 17.9 Å². The molecule has 11 heteroatoms. The molecule has 2 saturated carbocycles. The summed E-state index contributed by atoms with van der Waals surface area (Å²) in [5, 5.41) is 46.8. The van der Waals surface area contributed by atoms with Gasteiger partial charge in [0.2, 0.25) is 0 Å². The number of aliphatic hydroxyl groups excluding tert-OH is 2. The van der Waals surface area contributed by atoms with E-state index in [0.717, 1.165) is 0 Å². The fourth-order valence-corrected chi connectivity index (χ4v) is 7.83. The van der Waals surface area contributed by atoms with Crippen LogP contribution in [0, 0.1) is 16.7 Å². The molecule has 0 radical (unpaired) electrons. The first-order valence-corrected chi connectivity index (χ1v) is 12.6. The molecule has 0 spiro atoms. The normalized spacial score (nSPS) is 45.0. The van der Waals surface area contributed by atoms with E-state index in [2.05, 4.69) is 0 Å². The third kappa shape index (κ3) is 3.76. The van der Waals surface area contributed by atoms with Gasteiger partial charge in [0, 0.05) is 39.5 Å². The Labute approximate surface area is 215 Å². The monoisotopic (exact) mass is 526 g/mol. The van der Waals surface area contributed by atoms with E-state index >= 15 is 0 Å². The summed E-state index contributed by atoms with van der Waals surface area (Å²) < 4.78 is 23.2. The van der Waals surface area contributed by atoms with Gasteiger partial charge in [0.1, 0.15) is 30.0 Å². The first kappa shape index (κ1) is 28.0. The van der Waals surface area contributed by atoms with Crippen LogP contribution in [0.3, 0.4) is 0 Å². The molecule has 208 valence electrons. The van der Waals surface area contributed by atoms with Crippen molar-refractivity contribution in [2.24, 2.45) is 16.7 Å². The average Bonchev–Trinajstić information content (AvgIpc) is 3.23. The lowest BCUT2D eigenvalue weighted by Gasteiger charge is -2.56. The van der Waals surface area contributed by atoms with E-state index < -0.39 is 82.5 Å². The standard InChI is InChI=1S/C26H38O11/c1-11-15(35-12(2)27)9-25(23(5,6)32)18(11)19(31)21(37-14(4)29)24(7)17(36-13(3)28)8-16(30)26(33)10-34-22(25)20(24)26/h15-17,19-22,30-33H,8-10H2,1-7H3. The van der Waals surface area contributed by atoms with E-state index in [0.29, 0.717) is 5.57 Å². The molecule has 10 atom stereocenters. The van der Waals surface area contributed by atoms with Crippen molar-refractivity contribution < 1.29 is 53.8 Å². The minimum absolute atomic E-state index is 0.0166. The molecule has 1 aliphatic heterocycles. The molecule has 4 rings (SSSR count). The Balaban J connectivity index is 2.07. The highest BCUT2D eigenvalue weighted by atomic mass is 16.6. The smallest absolute Gasteiger partial charge is 0.303 e. The Morgan fingerprint density at radius 1 is 1.03 bits per heavy atom. The summed E-state index contributed by atoms with van der Waals surface area (Å²) in [6, 6.07) is 0. The summed E-state index contributed by atoms with van der Waals surface area (Å²) in [4.78, 5) is 36.5. The van der Waals surface area contributed by atoms with Crippen molar-refractivity contribution in [3.63, 3.8) is 0 Å². The number of rotatable bonds is 4. The zero-order valence-electron chi connectivity index (χ0n) is 22.3. The lowest BCUT2D eigenvalue weighted by Crippen LogP contribution is -2.69. The molecule has 11 nitrogen and oxygen atoms in total.